The molecule has 122 valence electrons. The lowest BCUT2D eigenvalue weighted by atomic mass is 10.00. The Morgan fingerprint density at radius 3 is 2.52 bits per heavy atom. The summed E-state index contributed by atoms with van der Waals surface area (Å²) in [6.45, 7) is 5.84. The van der Waals surface area contributed by atoms with E-state index in [0.717, 1.165) is 51.5 Å². The van der Waals surface area contributed by atoms with Crippen LogP contribution in [0.3, 0.4) is 0 Å². The van der Waals surface area contributed by atoms with Gasteiger partial charge in [0.15, 0.2) is 5.96 Å². The molecular formula is C15H30N4O2. The van der Waals surface area contributed by atoms with Crippen LogP contribution in [-0.4, -0.2) is 75.7 Å². The summed E-state index contributed by atoms with van der Waals surface area (Å²) in [7, 11) is 5.54. The number of nitrogens with one attached hydrogen (secondary N) is 1. The predicted octanol–water partition coefficient (Wildman–Crippen LogP) is 0.789. The zero-order valence-corrected chi connectivity index (χ0v) is 13.9. The third kappa shape index (κ3) is 6.80. The molecule has 0 bridgehead atoms. The van der Waals surface area contributed by atoms with Crippen LogP contribution in [0.5, 0.6) is 0 Å². The fraction of sp³-hybridized carbons (Fsp3) is 0.867. The first-order chi connectivity index (χ1) is 10.0. The maximum Gasteiger partial charge on any atom is 0.243 e. The molecule has 1 saturated heterocycles. The van der Waals surface area contributed by atoms with E-state index in [9.17, 15) is 4.79 Å². The van der Waals surface area contributed by atoms with Crippen LogP contribution in [0.1, 0.15) is 26.2 Å². The highest BCUT2D eigenvalue weighted by Gasteiger charge is 2.17. The second kappa shape index (κ2) is 9.60. The minimum Gasteiger partial charge on any atom is -0.381 e. The first-order valence-electron chi connectivity index (χ1n) is 7.82. The van der Waals surface area contributed by atoms with Crippen LogP contribution in [0.25, 0.3) is 0 Å². The van der Waals surface area contributed by atoms with E-state index in [1.54, 1.807) is 19.0 Å². The van der Waals surface area contributed by atoms with E-state index in [-0.39, 0.29) is 12.5 Å². The largest absolute Gasteiger partial charge is 0.381 e. The molecular weight excluding hydrogens is 268 g/mol. The Kier molecular flexibility index (Phi) is 8.12. The van der Waals surface area contributed by atoms with Crippen LogP contribution in [0.4, 0.5) is 0 Å². The summed E-state index contributed by atoms with van der Waals surface area (Å²) < 4.78 is 5.40. The number of ether oxygens (including phenoxy) is 1. The average molecular weight is 298 g/mol. The first-order valence-corrected chi connectivity index (χ1v) is 7.82. The Morgan fingerprint density at radius 2 is 1.95 bits per heavy atom. The van der Waals surface area contributed by atoms with Crippen molar-refractivity contribution in [2.24, 2.45) is 10.9 Å². The Labute approximate surface area is 128 Å². The lowest BCUT2D eigenvalue weighted by Gasteiger charge is -2.29. The Hall–Kier alpha value is -1.30. The summed E-state index contributed by atoms with van der Waals surface area (Å²) in [5.41, 5.74) is 0. The molecule has 0 aromatic heterocycles. The van der Waals surface area contributed by atoms with Crippen LogP contribution in [0, 0.1) is 5.92 Å². The normalized spacial score (nSPS) is 16.7. The number of carbonyl (C=O) groups excluding carboxylic acids is 1. The monoisotopic (exact) mass is 298 g/mol. The van der Waals surface area contributed by atoms with Crippen molar-refractivity contribution in [3.8, 4) is 0 Å². The van der Waals surface area contributed by atoms with Gasteiger partial charge in [0.05, 0.1) is 0 Å². The molecule has 1 amide bonds. The van der Waals surface area contributed by atoms with Crippen LogP contribution in [0.2, 0.25) is 0 Å². The molecule has 21 heavy (non-hydrogen) atoms. The van der Waals surface area contributed by atoms with Gasteiger partial charge in [0, 0.05) is 47.4 Å². The molecule has 0 aromatic rings. The smallest absolute Gasteiger partial charge is 0.243 e. The summed E-state index contributed by atoms with van der Waals surface area (Å²) >= 11 is 0. The lowest BCUT2D eigenvalue weighted by Crippen LogP contribution is -2.43. The molecule has 0 unspecified atom stereocenters. The average Bonchev–Trinajstić information content (AvgIpc) is 2.47. The lowest BCUT2D eigenvalue weighted by molar-refractivity contribution is -0.127. The zero-order chi connectivity index (χ0) is 15.7. The Bertz CT molecular complexity index is 339. The maximum absolute atomic E-state index is 11.7. The van der Waals surface area contributed by atoms with Crippen LogP contribution >= 0.6 is 0 Å². The number of likely N-dealkylation sites (N-methyl/N-ethyl adjacent to an activating group) is 1. The standard InChI is InChI=1S/C15H30N4O2/c1-5-8-16-15(17-11-14(20)18(2)3)19(4)12-13-6-9-21-10-7-13/h13H,5-12H2,1-4H3,(H,16,17). The number of aliphatic imine (C=N–C) groups is 1. The molecule has 0 radical (unpaired) electrons. The predicted molar refractivity (Wildman–Crippen MR) is 85.5 cm³/mol. The van der Waals surface area contributed by atoms with Gasteiger partial charge in [0.25, 0.3) is 0 Å². The fourth-order valence-electron chi connectivity index (χ4n) is 2.24. The van der Waals surface area contributed by atoms with Crippen molar-refractivity contribution in [3.05, 3.63) is 0 Å². The van der Waals surface area contributed by atoms with Gasteiger partial charge in [-0.2, -0.15) is 0 Å². The van der Waals surface area contributed by atoms with Crippen molar-refractivity contribution in [2.75, 3.05) is 54.0 Å². The first kappa shape index (κ1) is 17.8. The number of amides is 1. The highest BCUT2D eigenvalue weighted by Crippen LogP contribution is 2.15. The summed E-state index contributed by atoms with van der Waals surface area (Å²) in [5.74, 6) is 1.48. The van der Waals surface area contributed by atoms with Crippen LogP contribution < -0.4 is 5.32 Å². The van der Waals surface area contributed by atoms with Gasteiger partial charge >= 0.3 is 0 Å². The summed E-state index contributed by atoms with van der Waals surface area (Å²) in [6.07, 6.45) is 3.23. The molecule has 0 saturated carbocycles. The van der Waals surface area contributed by atoms with E-state index in [0.29, 0.717) is 5.92 Å². The van der Waals surface area contributed by atoms with Crippen LogP contribution in [0.15, 0.2) is 4.99 Å². The molecule has 1 fully saturated rings. The maximum atomic E-state index is 11.7. The van der Waals surface area contributed by atoms with E-state index in [2.05, 4.69) is 22.1 Å². The molecule has 6 heteroatoms. The van der Waals surface area contributed by atoms with Crippen molar-refractivity contribution in [2.45, 2.75) is 26.2 Å². The minimum absolute atomic E-state index is 0.0188. The number of nitrogens with zero attached hydrogens (tertiary/aromatic N) is 3. The van der Waals surface area contributed by atoms with Gasteiger partial charge in [-0.05, 0) is 25.2 Å². The second-order valence-corrected chi connectivity index (χ2v) is 5.79. The molecule has 0 aliphatic carbocycles. The van der Waals surface area contributed by atoms with Gasteiger partial charge in [-0.25, -0.2) is 4.99 Å². The topological polar surface area (TPSA) is 57.2 Å². The van der Waals surface area contributed by atoms with Gasteiger partial charge in [-0.15, -0.1) is 0 Å². The van der Waals surface area contributed by atoms with E-state index in [1.165, 1.54) is 0 Å². The van der Waals surface area contributed by atoms with Crippen LogP contribution in [-0.2, 0) is 9.53 Å². The summed E-state index contributed by atoms with van der Waals surface area (Å²) in [5, 5.41) is 3.33. The fourth-order valence-corrected chi connectivity index (χ4v) is 2.24. The van der Waals surface area contributed by atoms with Crippen molar-refractivity contribution in [3.63, 3.8) is 0 Å². The number of rotatable bonds is 6. The second-order valence-electron chi connectivity index (χ2n) is 5.79. The third-order valence-corrected chi connectivity index (χ3v) is 3.63. The quantitative estimate of drug-likeness (QED) is 0.582. The molecule has 1 aliphatic heterocycles. The summed E-state index contributed by atoms with van der Waals surface area (Å²) in [4.78, 5) is 19.8. The van der Waals surface area contributed by atoms with Gasteiger partial charge < -0.3 is 19.9 Å². The molecule has 1 rings (SSSR count). The molecule has 0 aromatic carbocycles. The Balaban J connectivity index is 2.56. The Morgan fingerprint density at radius 1 is 1.29 bits per heavy atom. The number of hydrogen-bond donors (Lipinski definition) is 1. The van der Waals surface area contributed by atoms with Gasteiger partial charge in [0.1, 0.15) is 6.54 Å². The van der Waals surface area contributed by atoms with E-state index in [4.69, 9.17) is 4.74 Å². The highest BCUT2D eigenvalue weighted by molar-refractivity contribution is 5.84. The van der Waals surface area contributed by atoms with Crippen molar-refractivity contribution in [1.82, 2.24) is 15.1 Å². The van der Waals surface area contributed by atoms with Crippen molar-refractivity contribution >= 4 is 11.9 Å². The molecule has 6 nitrogen and oxygen atoms in total. The van der Waals surface area contributed by atoms with E-state index in [1.807, 2.05) is 7.05 Å². The van der Waals surface area contributed by atoms with Crippen molar-refractivity contribution in [1.29, 1.82) is 0 Å². The van der Waals surface area contributed by atoms with Crippen molar-refractivity contribution < 1.29 is 9.53 Å². The van der Waals surface area contributed by atoms with Gasteiger partial charge in [0.2, 0.25) is 5.91 Å². The van der Waals surface area contributed by atoms with Gasteiger partial charge in [-0.1, -0.05) is 6.92 Å². The third-order valence-electron chi connectivity index (χ3n) is 3.63. The van der Waals surface area contributed by atoms with E-state index < -0.39 is 0 Å². The number of guanidine groups is 1. The van der Waals surface area contributed by atoms with Gasteiger partial charge in [-0.3, -0.25) is 4.79 Å². The SMILES string of the molecule is CCCNC(=NCC(=O)N(C)C)N(C)CC1CCOCC1. The molecule has 1 N–H and O–H groups in total. The summed E-state index contributed by atoms with van der Waals surface area (Å²) in [6, 6.07) is 0. The minimum atomic E-state index is 0.0188. The zero-order valence-electron chi connectivity index (χ0n) is 13.9. The number of hydrogen-bond acceptors (Lipinski definition) is 3. The number of carbonyl (C=O) groups is 1. The molecule has 0 spiro atoms. The van der Waals surface area contributed by atoms with E-state index >= 15 is 0 Å². The molecule has 1 heterocycles. The molecule has 0 atom stereocenters. The highest BCUT2D eigenvalue weighted by atomic mass is 16.5. The molecule has 1 aliphatic rings.